The maximum atomic E-state index is 12.9. The summed E-state index contributed by atoms with van der Waals surface area (Å²) in [6, 6.07) is 0. The van der Waals surface area contributed by atoms with Crippen LogP contribution in [0.2, 0.25) is 0 Å². The molecule has 30 heavy (non-hydrogen) atoms. The zero-order valence-electron chi connectivity index (χ0n) is 16.5. The van der Waals surface area contributed by atoms with Crippen molar-refractivity contribution in [3.63, 3.8) is 0 Å². The number of hydrogen-bond donors (Lipinski definition) is 0. The lowest BCUT2D eigenvalue weighted by Gasteiger charge is -2.24. The van der Waals surface area contributed by atoms with Gasteiger partial charge in [-0.1, -0.05) is 11.3 Å². The Balaban J connectivity index is 1.77. The number of thiazole rings is 1. The Morgan fingerprint density at radius 2 is 1.93 bits per heavy atom. The van der Waals surface area contributed by atoms with Gasteiger partial charge in [-0.15, -0.1) is 0 Å². The highest BCUT2D eigenvalue weighted by Gasteiger charge is 2.34. The van der Waals surface area contributed by atoms with Crippen molar-refractivity contribution in [3.05, 3.63) is 23.1 Å². The molecule has 0 saturated carbocycles. The summed E-state index contributed by atoms with van der Waals surface area (Å²) >= 11 is 0.488. The molecule has 14 heteroatoms. The average Bonchev–Trinajstić information content (AvgIpc) is 3.23. The van der Waals surface area contributed by atoms with Crippen LogP contribution in [0.5, 0.6) is 5.19 Å². The third-order valence-corrected chi connectivity index (χ3v) is 6.97. The molecule has 0 aliphatic carbocycles. The van der Waals surface area contributed by atoms with Gasteiger partial charge in [0.05, 0.1) is 24.5 Å². The number of hydrogen-bond acceptors (Lipinski definition) is 8. The number of ether oxygens (including phenoxy) is 2. The smallest absolute Gasteiger partial charge is 0.422 e. The zero-order valence-corrected chi connectivity index (χ0v) is 18.1. The summed E-state index contributed by atoms with van der Waals surface area (Å²) in [6.45, 7) is 5.18. The number of aromatic nitrogens is 3. The predicted molar refractivity (Wildman–Crippen MR) is 98.7 cm³/mol. The zero-order chi connectivity index (χ0) is 22.5. The van der Waals surface area contributed by atoms with Crippen LogP contribution in [-0.4, -0.2) is 52.0 Å². The lowest BCUT2D eigenvalue weighted by Crippen LogP contribution is -2.33. The van der Waals surface area contributed by atoms with Gasteiger partial charge in [0.1, 0.15) is 5.60 Å². The molecule has 1 aliphatic rings. The van der Waals surface area contributed by atoms with E-state index in [0.29, 0.717) is 22.6 Å². The van der Waals surface area contributed by atoms with Crippen LogP contribution in [0.4, 0.5) is 18.0 Å². The van der Waals surface area contributed by atoms with Crippen LogP contribution in [0, 0.1) is 6.92 Å². The first kappa shape index (κ1) is 22.3. The molecule has 2 aromatic rings. The lowest BCUT2D eigenvalue weighted by atomic mass is 10.2. The van der Waals surface area contributed by atoms with Gasteiger partial charge in [-0.25, -0.2) is 9.78 Å². The van der Waals surface area contributed by atoms with Crippen LogP contribution in [0.25, 0.3) is 0 Å². The fraction of sp³-hybridized carbons (Fsp3) is 0.562. The van der Waals surface area contributed by atoms with Crippen LogP contribution in [0.3, 0.4) is 0 Å². The lowest BCUT2D eigenvalue weighted by molar-refractivity contribution is -0.153. The molecule has 166 valence electrons. The Morgan fingerprint density at radius 3 is 2.50 bits per heavy atom. The normalized spacial score (nSPS) is 14.7. The molecular weight excluding hydrogens is 449 g/mol. The molecule has 0 fully saturated rings. The first-order valence-electron chi connectivity index (χ1n) is 8.63. The molecular formula is C16H19F3N4O5S2. The average molecular weight is 468 g/mol. The largest absolute Gasteiger partial charge is 0.460 e. The van der Waals surface area contributed by atoms with Crippen molar-refractivity contribution in [2.45, 2.75) is 56.8 Å². The Kier molecular flexibility index (Phi) is 5.52. The van der Waals surface area contributed by atoms with E-state index >= 15 is 0 Å². The number of amides is 1. The second-order valence-corrected chi connectivity index (χ2v) is 10.5. The van der Waals surface area contributed by atoms with Gasteiger partial charge in [-0.2, -0.15) is 30.8 Å². The van der Waals surface area contributed by atoms with Crippen LogP contribution in [-0.2, 0) is 27.8 Å². The number of fused-ring (bicyclic) bond motifs is 1. The van der Waals surface area contributed by atoms with Gasteiger partial charge < -0.3 is 9.47 Å². The van der Waals surface area contributed by atoms with Gasteiger partial charge in [-0.3, -0.25) is 4.90 Å². The monoisotopic (exact) mass is 468 g/mol. The topological polar surface area (TPSA) is 104 Å². The van der Waals surface area contributed by atoms with Crippen LogP contribution in [0.15, 0.2) is 10.4 Å². The molecule has 0 radical (unpaired) electrons. The number of halogens is 3. The first-order valence-corrected chi connectivity index (χ1v) is 10.9. The second-order valence-electron chi connectivity index (χ2n) is 7.57. The van der Waals surface area contributed by atoms with Crippen molar-refractivity contribution in [2.24, 2.45) is 0 Å². The second kappa shape index (κ2) is 7.41. The van der Waals surface area contributed by atoms with Gasteiger partial charge >= 0.3 is 12.3 Å². The van der Waals surface area contributed by atoms with Crippen molar-refractivity contribution in [1.29, 1.82) is 0 Å². The highest BCUT2D eigenvalue weighted by molar-refractivity contribution is 7.92. The van der Waals surface area contributed by atoms with E-state index in [1.165, 1.54) is 18.0 Å². The van der Waals surface area contributed by atoms with Gasteiger partial charge in [0.25, 0.3) is 15.2 Å². The SMILES string of the molecule is Cc1nc(OCC(F)(F)F)sc1S(=O)(=O)n1cc2c(n1)CN(C(=O)OC(C)(C)C)C2. The summed E-state index contributed by atoms with van der Waals surface area (Å²) in [5.74, 6) is 0. The van der Waals surface area contributed by atoms with E-state index in [1.807, 2.05) is 0 Å². The van der Waals surface area contributed by atoms with E-state index in [-0.39, 0.29) is 23.0 Å². The minimum Gasteiger partial charge on any atom is -0.460 e. The molecule has 0 atom stereocenters. The van der Waals surface area contributed by atoms with E-state index in [0.717, 1.165) is 4.09 Å². The molecule has 2 aromatic heterocycles. The minimum atomic E-state index is -4.57. The van der Waals surface area contributed by atoms with E-state index in [2.05, 4.69) is 14.8 Å². The van der Waals surface area contributed by atoms with E-state index in [4.69, 9.17) is 4.74 Å². The quantitative estimate of drug-likeness (QED) is 0.679. The fourth-order valence-electron chi connectivity index (χ4n) is 2.59. The third-order valence-electron chi connectivity index (χ3n) is 3.78. The van der Waals surface area contributed by atoms with Gasteiger partial charge in [0.15, 0.2) is 10.8 Å². The molecule has 0 bridgehead atoms. The number of nitrogens with zero attached hydrogens (tertiary/aromatic N) is 4. The fourth-order valence-corrected chi connectivity index (χ4v) is 5.17. The number of carbonyl (C=O) groups excluding carboxylic acids is 1. The predicted octanol–water partition coefficient (Wildman–Crippen LogP) is 3.08. The highest BCUT2D eigenvalue weighted by Crippen LogP contribution is 2.32. The molecule has 0 unspecified atom stereocenters. The Hall–Kier alpha value is -2.35. The molecule has 1 aliphatic heterocycles. The summed E-state index contributed by atoms with van der Waals surface area (Å²) in [4.78, 5) is 17.3. The third kappa shape index (κ3) is 4.86. The molecule has 3 rings (SSSR count). The van der Waals surface area contributed by atoms with Gasteiger partial charge in [-0.05, 0) is 27.7 Å². The Bertz CT molecular complexity index is 1050. The van der Waals surface area contributed by atoms with Crippen molar-refractivity contribution < 1.29 is 35.9 Å². The first-order chi connectivity index (χ1) is 13.7. The number of alkyl halides is 3. The number of aryl methyl sites for hydroxylation is 1. The Morgan fingerprint density at radius 1 is 1.27 bits per heavy atom. The standard InChI is InChI=1S/C16H19F3N4O5S2/c1-9-12(29-13(20-9)27-8-16(17,18)19)30(25,26)23-6-10-5-22(7-11(10)21-23)14(24)28-15(2,3)4/h6H,5,7-8H2,1-4H3. The summed E-state index contributed by atoms with van der Waals surface area (Å²) in [5, 5.41) is 3.64. The van der Waals surface area contributed by atoms with Crippen LogP contribution in [0.1, 0.15) is 37.7 Å². The van der Waals surface area contributed by atoms with Gasteiger partial charge in [0, 0.05) is 11.8 Å². The number of carbonyl (C=O) groups is 1. The van der Waals surface area contributed by atoms with Crippen LogP contribution < -0.4 is 4.74 Å². The minimum absolute atomic E-state index is 0.00298. The van der Waals surface area contributed by atoms with Crippen molar-refractivity contribution in [3.8, 4) is 5.19 Å². The highest BCUT2D eigenvalue weighted by atomic mass is 32.2. The molecule has 0 N–H and O–H groups in total. The van der Waals surface area contributed by atoms with Crippen molar-refractivity contribution >= 4 is 27.5 Å². The maximum absolute atomic E-state index is 12.9. The molecule has 0 saturated heterocycles. The van der Waals surface area contributed by atoms with E-state index in [1.54, 1.807) is 20.8 Å². The molecule has 0 spiro atoms. The van der Waals surface area contributed by atoms with E-state index in [9.17, 15) is 26.4 Å². The molecule has 9 nitrogen and oxygen atoms in total. The maximum Gasteiger partial charge on any atom is 0.422 e. The summed E-state index contributed by atoms with van der Waals surface area (Å²) in [7, 11) is -4.18. The summed E-state index contributed by atoms with van der Waals surface area (Å²) in [5.41, 5.74) is 0.249. The van der Waals surface area contributed by atoms with Gasteiger partial charge in [0.2, 0.25) is 0 Å². The molecule has 0 aromatic carbocycles. The van der Waals surface area contributed by atoms with Crippen LogP contribution >= 0.6 is 11.3 Å². The Labute approximate surface area is 174 Å². The molecule has 1 amide bonds. The van der Waals surface area contributed by atoms with Crippen molar-refractivity contribution in [2.75, 3.05) is 6.61 Å². The van der Waals surface area contributed by atoms with E-state index < -0.39 is 39.7 Å². The summed E-state index contributed by atoms with van der Waals surface area (Å²) < 4.78 is 72.9. The number of rotatable bonds is 4. The molecule has 3 heterocycles. The van der Waals surface area contributed by atoms with Crippen molar-refractivity contribution in [1.82, 2.24) is 19.1 Å². The summed E-state index contributed by atoms with van der Waals surface area (Å²) in [6.07, 6.45) is -3.84.